The van der Waals surface area contributed by atoms with Gasteiger partial charge in [0, 0.05) is 32.2 Å². The zero-order valence-electron chi connectivity index (χ0n) is 17.5. The van der Waals surface area contributed by atoms with Crippen molar-refractivity contribution in [2.45, 2.75) is 13.0 Å². The van der Waals surface area contributed by atoms with Crippen LogP contribution in [0.25, 0.3) is 0 Å². The molecule has 0 aliphatic carbocycles. The first-order chi connectivity index (χ1) is 13.8. The van der Waals surface area contributed by atoms with Gasteiger partial charge in [0.2, 0.25) is 0 Å². The third-order valence-corrected chi connectivity index (χ3v) is 5.69. The molecule has 0 N–H and O–H groups in total. The number of amides is 1. The fourth-order valence-corrected chi connectivity index (χ4v) is 3.58. The number of carbonyl (C=O) groups is 1. The van der Waals surface area contributed by atoms with E-state index in [-0.39, 0.29) is 10.7 Å². The summed E-state index contributed by atoms with van der Waals surface area (Å²) in [7, 11) is 5.07. The summed E-state index contributed by atoms with van der Waals surface area (Å²) in [5.74, 6) is 0.907. The highest BCUT2D eigenvalue weighted by Gasteiger charge is 2.53. The van der Waals surface area contributed by atoms with Crippen molar-refractivity contribution in [1.29, 1.82) is 0 Å². The largest absolute Gasteiger partial charge is 0.609 e. The summed E-state index contributed by atoms with van der Waals surface area (Å²) >= 11 is 6.31. The molecule has 0 saturated carbocycles. The standard InChI is InChI=1S/C19H23ClN2O.C3H6NO2/c1-15(16-7-9-17(23-2)10-8-16)21-11-13-22(14-12-21)19-6-4-3-5-18(19)20;1-4(2)3(5)6-4/h3-10,15H,11-14H2,1-2H3;1-2H3/q;+1. The lowest BCUT2D eigenvalue weighted by Gasteiger charge is -2.39. The Hall–Kier alpha value is -2.28. The molecule has 4 rings (SSSR count). The summed E-state index contributed by atoms with van der Waals surface area (Å²) in [5, 5.41) is 0.837. The molecule has 7 heteroatoms. The molecule has 2 aliphatic heterocycles. The molecule has 0 aromatic heterocycles. The molecule has 0 radical (unpaired) electrons. The first-order valence-electron chi connectivity index (χ1n) is 9.77. The molecule has 29 heavy (non-hydrogen) atoms. The molecular formula is C22H29ClN3O3+. The van der Waals surface area contributed by atoms with Crippen LogP contribution >= 0.6 is 11.6 Å². The van der Waals surface area contributed by atoms with Crippen LogP contribution in [0.3, 0.4) is 0 Å². The quantitative estimate of drug-likeness (QED) is 0.545. The highest BCUT2D eigenvalue weighted by molar-refractivity contribution is 6.33. The third kappa shape index (κ3) is 5.41. The van der Waals surface area contributed by atoms with Gasteiger partial charge in [0.05, 0.1) is 17.8 Å². The van der Waals surface area contributed by atoms with Crippen LogP contribution in [-0.2, 0) is 4.84 Å². The minimum Gasteiger partial charge on any atom is -0.497 e. The lowest BCUT2D eigenvalue weighted by atomic mass is 10.1. The average Bonchev–Trinajstić information content (AvgIpc) is 3.31. The number of para-hydroxylation sites is 1. The molecule has 156 valence electrons. The summed E-state index contributed by atoms with van der Waals surface area (Å²) in [6.07, 6.45) is -0.157. The summed E-state index contributed by atoms with van der Waals surface area (Å²) in [6.45, 7) is 6.36. The van der Waals surface area contributed by atoms with Crippen molar-refractivity contribution in [3.05, 3.63) is 59.1 Å². The second-order valence-electron chi connectivity index (χ2n) is 7.63. The molecule has 1 atom stereocenters. The van der Waals surface area contributed by atoms with Gasteiger partial charge in [-0.1, -0.05) is 35.9 Å². The van der Waals surface area contributed by atoms with Gasteiger partial charge in [0.1, 0.15) is 19.8 Å². The number of piperazine rings is 1. The van der Waals surface area contributed by atoms with E-state index < -0.39 is 0 Å². The fraction of sp³-hybridized carbons (Fsp3) is 0.409. The van der Waals surface area contributed by atoms with Crippen LogP contribution in [0.5, 0.6) is 5.75 Å². The van der Waals surface area contributed by atoms with Crippen molar-refractivity contribution in [2.75, 3.05) is 52.3 Å². The van der Waals surface area contributed by atoms with Gasteiger partial charge in [-0.15, -0.1) is 0 Å². The lowest BCUT2D eigenvalue weighted by Crippen LogP contribution is -2.47. The molecule has 0 bridgehead atoms. The highest BCUT2D eigenvalue weighted by Crippen LogP contribution is 2.28. The number of ether oxygens (including phenoxy) is 1. The van der Waals surface area contributed by atoms with Crippen LogP contribution in [-0.4, -0.2) is 63.0 Å². The Kier molecular flexibility index (Phi) is 6.67. The van der Waals surface area contributed by atoms with E-state index in [9.17, 15) is 4.79 Å². The van der Waals surface area contributed by atoms with Gasteiger partial charge in [0.25, 0.3) is 0 Å². The number of rotatable bonds is 4. The van der Waals surface area contributed by atoms with Crippen LogP contribution in [0, 0.1) is 0 Å². The first kappa shape index (κ1) is 21.4. The number of halogens is 1. The Morgan fingerprint density at radius 2 is 1.59 bits per heavy atom. The van der Waals surface area contributed by atoms with Crippen molar-refractivity contribution in [3.63, 3.8) is 0 Å². The van der Waals surface area contributed by atoms with Crippen LogP contribution in [0.4, 0.5) is 10.5 Å². The van der Waals surface area contributed by atoms with Crippen molar-refractivity contribution in [1.82, 2.24) is 4.90 Å². The molecule has 2 aliphatic rings. The van der Waals surface area contributed by atoms with E-state index in [1.165, 1.54) is 5.56 Å². The summed E-state index contributed by atoms with van der Waals surface area (Å²) in [5.41, 5.74) is 2.47. The number of hydrogen-bond acceptors (Lipinski definition) is 5. The second-order valence-corrected chi connectivity index (χ2v) is 8.04. The van der Waals surface area contributed by atoms with Crippen LogP contribution in [0.2, 0.25) is 5.02 Å². The Morgan fingerprint density at radius 1 is 1.03 bits per heavy atom. The predicted octanol–water partition coefficient (Wildman–Crippen LogP) is 4.36. The SMILES string of the molecule is COc1ccc(C(C)N2CCN(c3ccccc3Cl)CC2)cc1.C[N+]1(C)OC1=O. The molecule has 1 amide bonds. The number of carbonyl (C=O) groups excluding carboxylic acids is 1. The fourth-order valence-electron chi connectivity index (χ4n) is 3.33. The topological polar surface area (TPSA) is 45.3 Å². The number of anilines is 1. The van der Waals surface area contributed by atoms with E-state index in [0.717, 1.165) is 42.6 Å². The van der Waals surface area contributed by atoms with Gasteiger partial charge < -0.3 is 9.64 Å². The number of nitrogens with zero attached hydrogens (tertiary/aromatic N) is 3. The highest BCUT2D eigenvalue weighted by atomic mass is 35.5. The number of benzene rings is 2. The Bertz CT molecular complexity index is 833. The van der Waals surface area contributed by atoms with Gasteiger partial charge in [-0.3, -0.25) is 4.90 Å². The molecule has 2 aromatic carbocycles. The van der Waals surface area contributed by atoms with Gasteiger partial charge in [-0.2, -0.15) is 4.79 Å². The second kappa shape index (κ2) is 9.03. The molecule has 2 aromatic rings. The molecule has 1 unspecified atom stereocenters. The smallest absolute Gasteiger partial charge is 0.497 e. The monoisotopic (exact) mass is 418 g/mol. The predicted molar refractivity (Wildman–Crippen MR) is 115 cm³/mol. The van der Waals surface area contributed by atoms with Crippen LogP contribution in [0.15, 0.2) is 48.5 Å². The summed E-state index contributed by atoms with van der Waals surface area (Å²) < 4.78 is 5.33. The van der Waals surface area contributed by atoms with E-state index >= 15 is 0 Å². The van der Waals surface area contributed by atoms with E-state index in [1.54, 1.807) is 21.2 Å². The zero-order chi connectivity index (χ0) is 21.0. The minimum atomic E-state index is -0.157. The van der Waals surface area contributed by atoms with E-state index in [0.29, 0.717) is 6.04 Å². The Labute approximate surface area is 177 Å². The molecule has 6 nitrogen and oxygen atoms in total. The number of quaternary nitrogens is 1. The Balaban J connectivity index is 0.000000343. The van der Waals surface area contributed by atoms with Crippen molar-refractivity contribution >= 4 is 23.4 Å². The van der Waals surface area contributed by atoms with Crippen molar-refractivity contribution in [3.8, 4) is 5.75 Å². The maximum atomic E-state index is 9.96. The van der Waals surface area contributed by atoms with Crippen molar-refractivity contribution < 1.29 is 19.0 Å². The molecule has 2 heterocycles. The van der Waals surface area contributed by atoms with Gasteiger partial charge in [0.15, 0.2) is 0 Å². The maximum absolute atomic E-state index is 9.96. The third-order valence-electron chi connectivity index (χ3n) is 5.37. The summed E-state index contributed by atoms with van der Waals surface area (Å²) in [6, 6.07) is 16.9. The van der Waals surface area contributed by atoms with Crippen LogP contribution < -0.4 is 9.64 Å². The molecule has 2 saturated heterocycles. The maximum Gasteiger partial charge on any atom is 0.609 e. The van der Waals surface area contributed by atoms with Gasteiger partial charge in [-0.25, -0.2) is 4.84 Å². The lowest BCUT2D eigenvalue weighted by molar-refractivity contribution is -0.856. The molecule has 2 fully saturated rings. The van der Waals surface area contributed by atoms with E-state index in [4.69, 9.17) is 16.3 Å². The minimum absolute atomic E-state index is 0.0972. The van der Waals surface area contributed by atoms with Crippen molar-refractivity contribution in [2.24, 2.45) is 0 Å². The average molecular weight is 419 g/mol. The molecular weight excluding hydrogens is 390 g/mol. The number of methoxy groups -OCH3 is 1. The first-order valence-corrected chi connectivity index (χ1v) is 10.1. The normalized spacial score (nSPS) is 18.9. The Morgan fingerprint density at radius 3 is 2.07 bits per heavy atom. The van der Waals surface area contributed by atoms with Gasteiger partial charge in [-0.05, 0) is 41.4 Å². The number of hydroxylamine groups is 3. The van der Waals surface area contributed by atoms with E-state index in [2.05, 4.69) is 39.8 Å². The molecule has 0 spiro atoms. The number of hydrogen-bond donors (Lipinski definition) is 0. The van der Waals surface area contributed by atoms with Gasteiger partial charge >= 0.3 is 6.09 Å². The van der Waals surface area contributed by atoms with E-state index in [1.807, 2.05) is 30.3 Å². The zero-order valence-corrected chi connectivity index (χ0v) is 18.2. The van der Waals surface area contributed by atoms with Crippen LogP contribution in [0.1, 0.15) is 18.5 Å². The summed E-state index contributed by atoms with van der Waals surface area (Å²) in [4.78, 5) is 19.3.